The van der Waals surface area contributed by atoms with Crippen LogP contribution in [0.3, 0.4) is 0 Å². The first-order chi connectivity index (χ1) is 8.67. The molecule has 1 aromatic rings. The Labute approximate surface area is 122 Å². The fraction of sp³-hybridized carbons (Fsp3) is 0.600. The summed E-state index contributed by atoms with van der Waals surface area (Å²) in [5, 5.41) is 0. The Morgan fingerprint density at radius 2 is 1.68 bits per heavy atom. The summed E-state index contributed by atoms with van der Waals surface area (Å²) in [4.78, 5) is 0. The molecule has 0 bridgehead atoms. The van der Waals surface area contributed by atoms with Crippen molar-refractivity contribution in [1.82, 2.24) is 0 Å². The Morgan fingerprint density at radius 1 is 1.16 bits per heavy atom. The summed E-state index contributed by atoms with van der Waals surface area (Å²) in [6.07, 6.45) is 0.576. The van der Waals surface area contributed by atoms with Crippen molar-refractivity contribution >= 4 is 21.4 Å². The summed E-state index contributed by atoms with van der Waals surface area (Å²) >= 11 is 5.99. The Morgan fingerprint density at radius 3 is 2.11 bits per heavy atom. The molecule has 0 heterocycles. The fourth-order valence-corrected chi connectivity index (χ4v) is 3.31. The molecule has 0 spiro atoms. The van der Waals surface area contributed by atoms with Gasteiger partial charge in [-0.25, -0.2) is 8.42 Å². The molecule has 108 valence electrons. The molecule has 0 aromatic heterocycles. The van der Waals surface area contributed by atoms with Crippen LogP contribution < -0.4 is 0 Å². The molecule has 1 aromatic carbocycles. The van der Waals surface area contributed by atoms with E-state index in [1.54, 1.807) is 20.8 Å². The minimum atomic E-state index is -3.08. The van der Waals surface area contributed by atoms with Crippen LogP contribution >= 0.6 is 11.6 Å². The molecule has 2 nitrogen and oxygen atoms in total. The lowest BCUT2D eigenvalue weighted by Crippen LogP contribution is -2.31. The summed E-state index contributed by atoms with van der Waals surface area (Å²) in [6.45, 7) is 7.25. The highest BCUT2D eigenvalue weighted by Gasteiger charge is 2.29. The van der Waals surface area contributed by atoms with E-state index in [1.165, 1.54) is 5.56 Å². The Balaban J connectivity index is 2.77. The van der Waals surface area contributed by atoms with Crippen molar-refractivity contribution in [3.8, 4) is 0 Å². The number of rotatable bonds is 5. The number of alkyl halides is 1. The smallest absolute Gasteiger partial charge is 0.155 e. The standard InChI is InChI=1S/C15H23ClO2S/c1-12-5-7-13(8-6-12)14(11-16)9-10-19(17,18)15(2,3)4/h5-8,14H,9-11H2,1-4H3. The van der Waals surface area contributed by atoms with Crippen molar-refractivity contribution in [1.29, 1.82) is 0 Å². The second-order valence-electron chi connectivity index (χ2n) is 5.98. The van der Waals surface area contributed by atoms with Gasteiger partial charge in [0.15, 0.2) is 9.84 Å². The number of benzene rings is 1. The first-order valence-electron chi connectivity index (χ1n) is 6.52. The summed E-state index contributed by atoms with van der Waals surface area (Å²) in [5.74, 6) is 0.726. The van der Waals surface area contributed by atoms with Gasteiger partial charge in [-0.1, -0.05) is 29.8 Å². The number of hydrogen-bond donors (Lipinski definition) is 0. The Kier molecular flexibility index (Phi) is 5.45. The van der Waals surface area contributed by atoms with E-state index in [0.717, 1.165) is 5.56 Å². The molecule has 1 rings (SSSR count). The van der Waals surface area contributed by atoms with Crippen molar-refractivity contribution in [2.24, 2.45) is 0 Å². The predicted octanol–water partition coefficient (Wildman–Crippen LogP) is 3.92. The van der Waals surface area contributed by atoms with Crippen molar-refractivity contribution in [2.75, 3.05) is 11.6 Å². The lowest BCUT2D eigenvalue weighted by Gasteiger charge is -2.21. The van der Waals surface area contributed by atoms with Crippen molar-refractivity contribution in [3.05, 3.63) is 35.4 Å². The molecule has 1 atom stereocenters. The molecule has 0 fully saturated rings. The van der Waals surface area contributed by atoms with Gasteiger partial charge in [0.2, 0.25) is 0 Å². The third-order valence-electron chi connectivity index (χ3n) is 3.40. The number of aryl methyl sites for hydroxylation is 1. The Bertz CT molecular complexity index is 498. The van der Waals surface area contributed by atoms with E-state index in [9.17, 15) is 8.42 Å². The summed E-state index contributed by atoms with van der Waals surface area (Å²) < 4.78 is 23.5. The van der Waals surface area contributed by atoms with E-state index in [2.05, 4.69) is 0 Å². The molecule has 0 saturated heterocycles. The predicted molar refractivity (Wildman–Crippen MR) is 82.8 cm³/mol. The monoisotopic (exact) mass is 302 g/mol. The third kappa shape index (κ3) is 4.50. The van der Waals surface area contributed by atoms with Crippen molar-refractivity contribution in [2.45, 2.75) is 44.8 Å². The molecule has 0 N–H and O–H groups in total. The maximum atomic E-state index is 12.1. The van der Waals surface area contributed by atoms with Gasteiger partial charge in [0.25, 0.3) is 0 Å². The maximum Gasteiger partial charge on any atom is 0.155 e. The molecule has 0 saturated carbocycles. The first kappa shape index (κ1) is 16.5. The van der Waals surface area contributed by atoms with Gasteiger partial charge >= 0.3 is 0 Å². The molecule has 0 amide bonds. The molecule has 0 radical (unpaired) electrons. The van der Waals surface area contributed by atoms with Crippen LogP contribution in [0, 0.1) is 6.92 Å². The lowest BCUT2D eigenvalue weighted by atomic mass is 9.97. The highest BCUT2D eigenvalue weighted by atomic mass is 35.5. The SMILES string of the molecule is Cc1ccc(C(CCl)CCS(=O)(=O)C(C)(C)C)cc1. The number of hydrogen-bond acceptors (Lipinski definition) is 2. The second-order valence-corrected chi connectivity index (χ2v) is 9.15. The maximum absolute atomic E-state index is 12.1. The molecule has 19 heavy (non-hydrogen) atoms. The van der Waals surface area contributed by atoms with Gasteiger partial charge < -0.3 is 0 Å². The normalized spacial score (nSPS) is 14.4. The van der Waals surface area contributed by atoms with Gasteiger partial charge in [-0.15, -0.1) is 11.6 Å². The zero-order valence-corrected chi connectivity index (χ0v) is 13.7. The minimum absolute atomic E-state index is 0.0967. The summed E-state index contributed by atoms with van der Waals surface area (Å²) in [7, 11) is -3.08. The van der Waals surface area contributed by atoms with Gasteiger partial charge in [0.1, 0.15) is 0 Å². The van der Waals surface area contributed by atoms with Crippen LogP contribution in [0.15, 0.2) is 24.3 Å². The van der Waals surface area contributed by atoms with Crippen LogP contribution in [0.5, 0.6) is 0 Å². The van der Waals surface area contributed by atoms with E-state index in [0.29, 0.717) is 12.3 Å². The zero-order chi connectivity index (χ0) is 14.7. The van der Waals surface area contributed by atoms with E-state index < -0.39 is 14.6 Å². The molecule has 0 aliphatic heterocycles. The largest absolute Gasteiger partial charge is 0.228 e. The van der Waals surface area contributed by atoms with Crippen LogP contribution in [0.25, 0.3) is 0 Å². The molecule has 0 aliphatic carbocycles. The van der Waals surface area contributed by atoms with Crippen LogP contribution in [0.1, 0.15) is 44.2 Å². The third-order valence-corrected chi connectivity index (χ3v) is 6.41. The summed E-state index contributed by atoms with van der Waals surface area (Å²) in [5.41, 5.74) is 2.31. The average molecular weight is 303 g/mol. The number of sulfone groups is 1. The fourth-order valence-electron chi connectivity index (χ4n) is 1.78. The minimum Gasteiger partial charge on any atom is -0.228 e. The quantitative estimate of drug-likeness (QED) is 0.773. The first-order valence-corrected chi connectivity index (χ1v) is 8.71. The molecule has 4 heteroatoms. The van der Waals surface area contributed by atoms with Crippen LogP contribution in [-0.2, 0) is 9.84 Å². The summed E-state index contributed by atoms with van der Waals surface area (Å²) in [6, 6.07) is 8.14. The van der Waals surface area contributed by atoms with E-state index in [1.807, 2.05) is 31.2 Å². The van der Waals surface area contributed by atoms with E-state index >= 15 is 0 Å². The van der Waals surface area contributed by atoms with Crippen LogP contribution in [0.4, 0.5) is 0 Å². The van der Waals surface area contributed by atoms with E-state index in [4.69, 9.17) is 11.6 Å². The van der Waals surface area contributed by atoms with Crippen molar-refractivity contribution < 1.29 is 8.42 Å². The van der Waals surface area contributed by atoms with Gasteiger partial charge in [0.05, 0.1) is 10.5 Å². The van der Waals surface area contributed by atoms with E-state index in [-0.39, 0.29) is 11.7 Å². The zero-order valence-electron chi connectivity index (χ0n) is 12.1. The average Bonchev–Trinajstić information content (AvgIpc) is 2.30. The van der Waals surface area contributed by atoms with Gasteiger partial charge in [-0.05, 0) is 45.6 Å². The van der Waals surface area contributed by atoms with Gasteiger partial charge in [0, 0.05) is 5.88 Å². The van der Waals surface area contributed by atoms with Crippen LogP contribution in [-0.4, -0.2) is 24.8 Å². The second kappa shape index (κ2) is 6.27. The highest BCUT2D eigenvalue weighted by Crippen LogP contribution is 2.25. The lowest BCUT2D eigenvalue weighted by molar-refractivity contribution is 0.554. The van der Waals surface area contributed by atoms with Gasteiger partial charge in [-0.2, -0.15) is 0 Å². The highest BCUT2D eigenvalue weighted by molar-refractivity contribution is 7.92. The topological polar surface area (TPSA) is 34.1 Å². The molecule has 0 aliphatic rings. The molecule has 1 unspecified atom stereocenters. The van der Waals surface area contributed by atoms with Gasteiger partial charge in [-0.3, -0.25) is 0 Å². The van der Waals surface area contributed by atoms with Crippen molar-refractivity contribution in [3.63, 3.8) is 0 Å². The van der Waals surface area contributed by atoms with Crippen LogP contribution in [0.2, 0.25) is 0 Å². The Hall–Kier alpha value is -0.540. The number of halogens is 1. The molecular weight excluding hydrogens is 280 g/mol. The molecular formula is C15H23ClO2S.